The molecule has 0 spiro atoms. The molecule has 166 valence electrons. The van der Waals surface area contributed by atoms with Gasteiger partial charge in [-0.05, 0) is 25.1 Å². The third kappa shape index (κ3) is 3.45. The van der Waals surface area contributed by atoms with Gasteiger partial charge in [0.1, 0.15) is 11.7 Å². The van der Waals surface area contributed by atoms with Gasteiger partial charge < -0.3 is 9.84 Å². The highest BCUT2D eigenvalue weighted by molar-refractivity contribution is 6.37. The predicted octanol–water partition coefficient (Wildman–Crippen LogP) is 4.09. The number of methoxy groups -OCH3 is 1. The summed E-state index contributed by atoms with van der Waals surface area (Å²) in [5, 5.41) is 12.3. The smallest absolute Gasteiger partial charge is 0.417 e. The molecule has 2 aromatic heterocycles. The molecule has 0 bridgehead atoms. The van der Waals surface area contributed by atoms with Crippen molar-refractivity contribution in [1.82, 2.24) is 19.7 Å². The summed E-state index contributed by atoms with van der Waals surface area (Å²) in [4.78, 5) is 23.6. The first kappa shape index (κ1) is 21.7. The second-order valence-corrected chi connectivity index (χ2v) is 7.05. The van der Waals surface area contributed by atoms with Crippen molar-refractivity contribution in [2.45, 2.75) is 19.1 Å². The molecule has 0 aliphatic carbocycles. The summed E-state index contributed by atoms with van der Waals surface area (Å²) in [5.41, 5.74) is -2.27. The summed E-state index contributed by atoms with van der Waals surface area (Å²) in [5.74, 6) is -2.90. The number of carboxylic acid groups (broad SMARTS) is 1. The number of hydrogen-bond donors (Lipinski definition) is 1. The van der Waals surface area contributed by atoms with Crippen molar-refractivity contribution in [2.24, 2.45) is 4.99 Å². The van der Waals surface area contributed by atoms with Crippen LogP contribution in [0.25, 0.3) is 5.69 Å². The SMILES string of the molecule is COc1ccc(F)c(C2=N[C@@H](C)c3nc(C(=O)O)nn3-c3ccc(C(F)(F)F)c(Cl)c32)n1. The zero-order chi connectivity index (χ0) is 23.4. The number of aliphatic imine (C=N–C) groups is 1. The Morgan fingerprint density at radius 1 is 1.22 bits per heavy atom. The van der Waals surface area contributed by atoms with Crippen molar-refractivity contribution in [1.29, 1.82) is 0 Å². The van der Waals surface area contributed by atoms with Crippen LogP contribution in [0.3, 0.4) is 0 Å². The highest BCUT2D eigenvalue weighted by Gasteiger charge is 2.38. The van der Waals surface area contributed by atoms with Crippen molar-refractivity contribution in [2.75, 3.05) is 7.11 Å². The van der Waals surface area contributed by atoms with Gasteiger partial charge in [0.25, 0.3) is 5.82 Å². The van der Waals surface area contributed by atoms with Gasteiger partial charge in [-0.1, -0.05) is 11.6 Å². The summed E-state index contributed by atoms with van der Waals surface area (Å²) in [6, 6.07) is 3.09. The number of rotatable bonds is 3. The molecule has 3 aromatic rings. The summed E-state index contributed by atoms with van der Waals surface area (Å²) < 4.78 is 61.5. The average molecular weight is 470 g/mol. The Hall–Kier alpha value is -3.54. The number of carbonyl (C=O) groups is 1. The largest absolute Gasteiger partial charge is 0.481 e. The molecule has 0 saturated heterocycles. The number of aromatic carboxylic acids is 1. The second-order valence-electron chi connectivity index (χ2n) is 6.67. The third-order valence-corrected chi connectivity index (χ3v) is 5.06. The van der Waals surface area contributed by atoms with Crippen LogP contribution in [0.1, 0.15) is 46.2 Å². The normalized spacial score (nSPS) is 15.5. The first-order valence-electron chi connectivity index (χ1n) is 8.92. The highest BCUT2D eigenvalue weighted by Crippen LogP contribution is 2.41. The predicted molar refractivity (Wildman–Crippen MR) is 103 cm³/mol. The number of aromatic nitrogens is 4. The van der Waals surface area contributed by atoms with Gasteiger partial charge in [-0.25, -0.2) is 23.8 Å². The molecular weight excluding hydrogens is 458 g/mol. The van der Waals surface area contributed by atoms with Gasteiger partial charge >= 0.3 is 12.1 Å². The van der Waals surface area contributed by atoms with Crippen LogP contribution in [-0.4, -0.2) is 43.6 Å². The highest BCUT2D eigenvalue weighted by atomic mass is 35.5. The number of alkyl halides is 3. The minimum atomic E-state index is -4.83. The van der Waals surface area contributed by atoms with Gasteiger partial charge in [-0.2, -0.15) is 13.2 Å². The maximum absolute atomic E-state index is 14.8. The van der Waals surface area contributed by atoms with Crippen molar-refractivity contribution in [3.05, 3.63) is 63.6 Å². The standard InChI is InChI=1S/C19H12ClF4N5O3/c1-7-17-27-16(18(30)31)28-29(17)10-5-3-8(19(22,23)24)13(20)12(10)15(25-7)14-9(21)4-6-11(26-14)32-2/h3-7H,1-2H3,(H,30,31)/t7-/m0/s1. The van der Waals surface area contributed by atoms with E-state index < -0.39 is 46.1 Å². The second kappa shape index (κ2) is 7.55. The van der Waals surface area contributed by atoms with Crippen LogP contribution < -0.4 is 4.74 Å². The van der Waals surface area contributed by atoms with E-state index in [2.05, 4.69) is 20.1 Å². The van der Waals surface area contributed by atoms with E-state index in [1.807, 2.05) is 0 Å². The van der Waals surface area contributed by atoms with Gasteiger partial charge in [-0.15, -0.1) is 5.10 Å². The van der Waals surface area contributed by atoms with E-state index >= 15 is 0 Å². The van der Waals surface area contributed by atoms with Gasteiger partial charge in [0.2, 0.25) is 5.88 Å². The molecule has 0 unspecified atom stereocenters. The molecule has 0 saturated carbocycles. The molecule has 0 fully saturated rings. The van der Waals surface area contributed by atoms with Crippen LogP contribution >= 0.6 is 11.6 Å². The van der Waals surface area contributed by atoms with Crippen molar-refractivity contribution in [3.8, 4) is 11.6 Å². The topological polar surface area (TPSA) is 102 Å². The van der Waals surface area contributed by atoms with E-state index in [9.17, 15) is 27.5 Å². The summed E-state index contributed by atoms with van der Waals surface area (Å²) in [6.07, 6.45) is -4.83. The number of fused-ring (bicyclic) bond motifs is 3. The zero-order valence-electron chi connectivity index (χ0n) is 16.3. The molecule has 8 nitrogen and oxygen atoms in total. The number of carboxylic acids is 1. The molecule has 1 N–H and O–H groups in total. The molecule has 32 heavy (non-hydrogen) atoms. The Morgan fingerprint density at radius 2 is 1.94 bits per heavy atom. The number of halogens is 5. The molecule has 0 amide bonds. The maximum atomic E-state index is 14.8. The summed E-state index contributed by atoms with van der Waals surface area (Å²) in [7, 11) is 1.29. The monoisotopic (exact) mass is 469 g/mol. The van der Waals surface area contributed by atoms with Gasteiger partial charge in [0.15, 0.2) is 11.6 Å². The fourth-order valence-electron chi connectivity index (χ4n) is 3.25. The van der Waals surface area contributed by atoms with Crippen molar-refractivity contribution in [3.63, 3.8) is 0 Å². The molecule has 3 heterocycles. The van der Waals surface area contributed by atoms with Crippen molar-refractivity contribution >= 4 is 23.3 Å². The summed E-state index contributed by atoms with van der Waals surface area (Å²) >= 11 is 6.18. The lowest BCUT2D eigenvalue weighted by Gasteiger charge is -2.17. The fourth-order valence-corrected chi connectivity index (χ4v) is 3.60. The van der Waals surface area contributed by atoms with E-state index in [-0.39, 0.29) is 28.7 Å². The molecule has 1 aliphatic rings. The minimum Gasteiger partial charge on any atom is -0.481 e. The van der Waals surface area contributed by atoms with Crippen LogP contribution in [0.4, 0.5) is 17.6 Å². The molecule has 1 aliphatic heterocycles. The van der Waals surface area contributed by atoms with Crippen LogP contribution in [0.5, 0.6) is 5.88 Å². The fraction of sp³-hybridized carbons (Fsp3) is 0.211. The van der Waals surface area contributed by atoms with Crippen LogP contribution in [0.15, 0.2) is 29.3 Å². The number of pyridine rings is 1. The lowest BCUT2D eigenvalue weighted by molar-refractivity contribution is -0.137. The van der Waals surface area contributed by atoms with Crippen molar-refractivity contribution < 1.29 is 32.2 Å². The molecular formula is C19H12ClF4N5O3. The number of hydrogen-bond acceptors (Lipinski definition) is 6. The van der Waals surface area contributed by atoms with Crippen LogP contribution in [0.2, 0.25) is 5.02 Å². The maximum Gasteiger partial charge on any atom is 0.417 e. The lowest BCUT2D eigenvalue weighted by atomic mass is 10.0. The Kier molecular flexibility index (Phi) is 5.12. The van der Waals surface area contributed by atoms with E-state index in [1.54, 1.807) is 0 Å². The minimum absolute atomic E-state index is 0.00493. The van der Waals surface area contributed by atoms with Gasteiger partial charge in [0.05, 0.1) is 29.1 Å². The molecule has 1 atom stereocenters. The number of ether oxygens (including phenoxy) is 1. The summed E-state index contributed by atoms with van der Waals surface area (Å²) in [6.45, 7) is 1.49. The molecule has 0 radical (unpaired) electrons. The molecule has 4 rings (SSSR count). The van der Waals surface area contributed by atoms with Gasteiger partial charge in [0, 0.05) is 11.6 Å². The number of benzene rings is 1. The lowest BCUT2D eigenvalue weighted by Crippen LogP contribution is -2.16. The Balaban J connectivity index is 2.10. The van der Waals surface area contributed by atoms with Gasteiger partial charge in [-0.3, -0.25) is 4.99 Å². The van der Waals surface area contributed by atoms with Crippen LogP contribution in [-0.2, 0) is 6.18 Å². The third-order valence-electron chi connectivity index (χ3n) is 4.66. The van der Waals surface area contributed by atoms with E-state index in [0.29, 0.717) is 0 Å². The van der Waals surface area contributed by atoms with E-state index in [1.165, 1.54) is 20.1 Å². The zero-order valence-corrected chi connectivity index (χ0v) is 17.0. The average Bonchev–Trinajstić information content (AvgIpc) is 3.13. The number of nitrogens with zero attached hydrogens (tertiary/aromatic N) is 5. The Labute approximate surface area is 182 Å². The molecule has 13 heteroatoms. The Morgan fingerprint density at radius 3 is 2.56 bits per heavy atom. The molecule has 1 aromatic carbocycles. The van der Waals surface area contributed by atoms with Crippen LogP contribution in [0, 0.1) is 5.82 Å². The van der Waals surface area contributed by atoms with E-state index in [4.69, 9.17) is 16.3 Å². The first-order chi connectivity index (χ1) is 15.0. The van der Waals surface area contributed by atoms with E-state index in [0.717, 1.165) is 22.9 Å². The first-order valence-corrected chi connectivity index (χ1v) is 9.30. The Bertz CT molecular complexity index is 1290. The quantitative estimate of drug-likeness (QED) is 0.580.